The zero-order chi connectivity index (χ0) is 15.4. The number of rotatable bonds is 4. The first-order valence-electron chi connectivity index (χ1n) is 7.29. The third kappa shape index (κ3) is 3.62. The van der Waals surface area contributed by atoms with Gasteiger partial charge in [-0.05, 0) is 30.9 Å². The van der Waals surface area contributed by atoms with Crippen molar-refractivity contribution in [2.75, 3.05) is 14.2 Å². The Morgan fingerprint density at radius 2 is 1.95 bits per heavy atom. The molecule has 0 spiro atoms. The fourth-order valence-corrected chi connectivity index (χ4v) is 3.12. The van der Waals surface area contributed by atoms with Gasteiger partial charge in [0.25, 0.3) is 5.91 Å². The summed E-state index contributed by atoms with van der Waals surface area (Å²) in [4.78, 5) is 12.4. The maximum atomic E-state index is 12.4. The maximum absolute atomic E-state index is 12.4. The molecule has 2 atom stereocenters. The molecule has 0 bridgehead atoms. The molecule has 5 heteroatoms. The maximum Gasteiger partial charge on any atom is 0.251 e. The SMILES string of the molecule is COc1cc(C(=O)N[C@H]2CCCC[C@H]2C)cc(Cl)c1OC. The van der Waals surface area contributed by atoms with Crippen LogP contribution < -0.4 is 14.8 Å². The Morgan fingerprint density at radius 3 is 2.57 bits per heavy atom. The summed E-state index contributed by atoms with van der Waals surface area (Å²) in [5, 5.41) is 3.48. The molecule has 2 rings (SSSR count). The van der Waals surface area contributed by atoms with Crippen molar-refractivity contribution in [1.29, 1.82) is 0 Å². The minimum Gasteiger partial charge on any atom is -0.493 e. The number of methoxy groups -OCH3 is 2. The lowest BCUT2D eigenvalue weighted by Crippen LogP contribution is -2.41. The van der Waals surface area contributed by atoms with E-state index in [1.807, 2.05) is 0 Å². The number of halogens is 1. The van der Waals surface area contributed by atoms with Crippen LogP contribution in [-0.2, 0) is 0 Å². The predicted molar refractivity (Wildman–Crippen MR) is 83.4 cm³/mol. The highest BCUT2D eigenvalue weighted by molar-refractivity contribution is 6.32. The zero-order valence-electron chi connectivity index (χ0n) is 12.7. The van der Waals surface area contributed by atoms with Gasteiger partial charge >= 0.3 is 0 Å². The van der Waals surface area contributed by atoms with Gasteiger partial charge in [-0.2, -0.15) is 0 Å². The highest BCUT2D eigenvalue weighted by Crippen LogP contribution is 2.36. The van der Waals surface area contributed by atoms with Crippen LogP contribution >= 0.6 is 11.6 Å². The Hall–Kier alpha value is -1.42. The molecule has 4 nitrogen and oxygen atoms in total. The number of ether oxygens (including phenoxy) is 2. The molecule has 0 unspecified atom stereocenters. The first-order chi connectivity index (χ1) is 10.1. The molecular formula is C16H22ClNO3. The van der Waals surface area contributed by atoms with Gasteiger partial charge in [0.05, 0.1) is 19.2 Å². The van der Waals surface area contributed by atoms with E-state index in [1.165, 1.54) is 27.1 Å². The van der Waals surface area contributed by atoms with E-state index in [1.54, 1.807) is 12.1 Å². The molecule has 1 fully saturated rings. The van der Waals surface area contributed by atoms with E-state index in [2.05, 4.69) is 12.2 Å². The molecule has 1 N–H and O–H groups in total. The van der Waals surface area contributed by atoms with Gasteiger partial charge in [0, 0.05) is 11.6 Å². The van der Waals surface area contributed by atoms with Gasteiger partial charge < -0.3 is 14.8 Å². The normalized spacial score (nSPS) is 21.7. The van der Waals surface area contributed by atoms with Crippen LogP contribution in [0.15, 0.2) is 12.1 Å². The lowest BCUT2D eigenvalue weighted by Gasteiger charge is -2.29. The summed E-state index contributed by atoms with van der Waals surface area (Å²) in [6.07, 6.45) is 4.61. The van der Waals surface area contributed by atoms with Crippen molar-refractivity contribution in [3.05, 3.63) is 22.7 Å². The summed E-state index contributed by atoms with van der Waals surface area (Å²) in [6.45, 7) is 2.19. The van der Waals surface area contributed by atoms with E-state index >= 15 is 0 Å². The summed E-state index contributed by atoms with van der Waals surface area (Å²) in [7, 11) is 3.05. The molecule has 0 heterocycles. The Morgan fingerprint density at radius 1 is 1.24 bits per heavy atom. The number of nitrogens with one attached hydrogen (secondary N) is 1. The van der Waals surface area contributed by atoms with Crippen molar-refractivity contribution < 1.29 is 14.3 Å². The van der Waals surface area contributed by atoms with E-state index in [0.29, 0.717) is 28.0 Å². The number of hydrogen-bond acceptors (Lipinski definition) is 3. The van der Waals surface area contributed by atoms with Gasteiger partial charge in [0.1, 0.15) is 0 Å². The molecule has 1 aliphatic rings. The van der Waals surface area contributed by atoms with Crippen LogP contribution in [0, 0.1) is 5.92 Å². The van der Waals surface area contributed by atoms with Crippen molar-refractivity contribution in [3.63, 3.8) is 0 Å². The monoisotopic (exact) mass is 311 g/mol. The Balaban J connectivity index is 2.17. The van der Waals surface area contributed by atoms with Crippen LogP contribution in [0.5, 0.6) is 11.5 Å². The zero-order valence-corrected chi connectivity index (χ0v) is 13.5. The van der Waals surface area contributed by atoms with E-state index in [0.717, 1.165) is 12.8 Å². The van der Waals surface area contributed by atoms with Crippen molar-refractivity contribution in [2.24, 2.45) is 5.92 Å². The molecule has 1 aliphatic carbocycles. The number of carbonyl (C=O) groups is 1. The lowest BCUT2D eigenvalue weighted by molar-refractivity contribution is 0.0910. The van der Waals surface area contributed by atoms with Crippen molar-refractivity contribution in [3.8, 4) is 11.5 Å². The predicted octanol–water partition coefficient (Wildman–Crippen LogP) is 3.67. The number of benzene rings is 1. The topological polar surface area (TPSA) is 47.6 Å². The van der Waals surface area contributed by atoms with E-state index in [-0.39, 0.29) is 11.9 Å². The third-order valence-corrected chi connectivity index (χ3v) is 4.40. The lowest BCUT2D eigenvalue weighted by atomic mass is 9.86. The van der Waals surface area contributed by atoms with Crippen molar-refractivity contribution >= 4 is 17.5 Å². The average Bonchev–Trinajstić information content (AvgIpc) is 2.48. The van der Waals surface area contributed by atoms with Gasteiger partial charge in [-0.3, -0.25) is 4.79 Å². The van der Waals surface area contributed by atoms with Crippen molar-refractivity contribution in [2.45, 2.75) is 38.6 Å². The molecule has 0 radical (unpaired) electrons. The minimum absolute atomic E-state index is 0.114. The standard InChI is InChI=1S/C16H22ClNO3/c1-10-6-4-5-7-13(10)18-16(19)11-8-12(17)15(21-3)14(9-11)20-2/h8-10,13H,4-7H2,1-3H3,(H,18,19)/t10-,13+/m1/s1. The molecule has 0 aromatic heterocycles. The minimum atomic E-state index is -0.114. The molecule has 116 valence electrons. The van der Waals surface area contributed by atoms with Gasteiger partial charge in [-0.25, -0.2) is 0 Å². The van der Waals surface area contributed by atoms with Crippen LogP contribution in [0.4, 0.5) is 0 Å². The smallest absolute Gasteiger partial charge is 0.251 e. The van der Waals surface area contributed by atoms with E-state index < -0.39 is 0 Å². The molecule has 1 aromatic carbocycles. The second-order valence-electron chi connectivity index (χ2n) is 5.54. The fraction of sp³-hybridized carbons (Fsp3) is 0.562. The quantitative estimate of drug-likeness (QED) is 0.923. The van der Waals surface area contributed by atoms with E-state index in [9.17, 15) is 4.79 Å². The van der Waals surface area contributed by atoms with Crippen LogP contribution in [-0.4, -0.2) is 26.2 Å². The first kappa shape index (κ1) is 16.0. The largest absolute Gasteiger partial charge is 0.493 e. The molecule has 0 saturated heterocycles. The molecular weight excluding hydrogens is 290 g/mol. The summed E-state index contributed by atoms with van der Waals surface area (Å²) in [5.41, 5.74) is 0.496. The van der Waals surface area contributed by atoms with Crippen LogP contribution in [0.2, 0.25) is 5.02 Å². The Kier molecular flexibility index (Phi) is 5.34. The van der Waals surface area contributed by atoms with Gasteiger partial charge in [-0.15, -0.1) is 0 Å². The Labute approximate surface area is 130 Å². The number of hydrogen-bond donors (Lipinski definition) is 1. The van der Waals surface area contributed by atoms with Crippen LogP contribution in [0.3, 0.4) is 0 Å². The average molecular weight is 312 g/mol. The van der Waals surface area contributed by atoms with Crippen LogP contribution in [0.25, 0.3) is 0 Å². The van der Waals surface area contributed by atoms with Gasteiger partial charge in [0.15, 0.2) is 11.5 Å². The molecule has 1 saturated carbocycles. The highest BCUT2D eigenvalue weighted by Gasteiger charge is 2.24. The second-order valence-corrected chi connectivity index (χ2v) is 5.94. The van der Waals surface area contributed by atoms with Gasteiger partial charge in [0.2, 0.25) is 0 Å². The van der Waals surface area contributed by atoms with E-state index in [4.69, 9.17) is 21.1 Å². The van der Waals surface area contributed by atoms with Crippen molar-refractivity contribution in [1.82, 2.24) is 5.32 Å². The Bertz CT molecular complexity index is 518. The first-order valence-corrected chi connectivity index (χ1v) is 7.67. The third-order valence-electron chi connectivity index (χ3n) is 4.12. The summed E-state index contributed by atoms with van der Waals surface area (Å²) < 4.78 is 10.4. The highest BCUT2D eigenvalue weighted by atomic mass is 35.5. The van der Waals surface area contributed by atoms with Gasteiger partial charge in [-0.1, -0.05) is 31.4 Å². The number of carbonyl (C=O) groups excluding carboxylic acids is 1. The summed E-state index contributed by atoms with van der Waals surface area (Å²) in [6, 6.07) is 3.51. The summed E-state index contributed by atoms with van der Waals surface area (Å²) >= 11 is 6.14. The fourth-order valence-electron chi connectivity index (χ4n) is 2.83. The molecule has 1 aromatic rings. The summed E-state index contributed by atoms with van der Waals surface area (Å²) in [5.74, 6) is 1.31. The second kappa shape index (κ2) is 7.03. The molecule has 21 heavy (non-hydrogen) atoms. The molecule has 1 amide bonds. The number of amides is 1. The molecule has 0 aliphatic heterocycles. The van der Waals surface area contributed by atoms with Crippen LogP contribution in [0.1, 0.15) is 43.0 Å².